The number of piperidine rings is 1. The van der Waals surface area contributed by atoms with E-state index < -0.39 is 0 Å². The van der Waals surface area contributed by atoms with E-state index in [-0.39, 0.29) is 30.3 Å². The normalized spacial score (nSPS) is 20.8. The molecule has 0 aromatic heterocycles. The van der Waals surface area contributed by atoms with Gasteiger partial charge in [-0.25, -0.2) is 0 Å². The van der Waals surface area contributed by atoms with Crippen molar-refractivity contribution >= 4 is 29.1 Å². The summed E-state index contributed by atoms with van der Waals surface area (Å²) in [7, 11) is 3.41. The van der Waals surface area contributed by atoms with Crippen molar-refractivity contribution in [3.05, 3.63) is 23.8 Å². The van der Waals surface area contributed by atoms with Gasteiger partial charge in [0.25, 0.3) is 5.91 Å². The van der Waals surface area contributed by atoms with Crippen LogP contribution in [0.2, 0.25) is 0 Å². The van der Waals surface area contributed by atoms with Gasteiger partial charge in [0.1, 0.15) is 12.6 Å². The molecule has 9 heteroatoms. The van der Waals surface area contributed by atoms with E-state index in [0.29, 0.717) is 17.8 Å². The smallest absolute Gasteiger partial charge is 0.253 e. The largest absolute Gasteiger partial charge is 0.379 e. The first kappa shape index (κ1) is 23.5. The topological polar surface area (TPSA) is 85.4 Å². The Morgan fingerprint density at radius 2 is 1.91 bits per heavy atom. The number of anilines is 2. The molecule has 4 rings (SSSR count). The predicted octanol–water partition coefficient (Wildman–Crippen LogP) is 0.932. The minimum atomic E-state index is -0.240. The zero-order valence-corrected chi connectivity index (χ0v) is 19.7. The van der Waals surface area contributed by atoms with Crippen LogP contribution >= 0.6 is 0 Å². The number of hydrogen-bond acceptors (Lipinski definition) is 6. The summed E-state index contributed by atoms with van der Waals surface area (Å²) in [6.45, 7) is 5.65. The molecule has 1 aromatic rings. The molecule has 3 aliphatic rings. The van der Waals surface area contributed by atoms with E-state index in [1.165, 1.54) is 4.90 Å². The van der Waals surface area contributed by atoms with Crippen molar-refractivity contribution in [2.75, 3.05) is 76.4 Å². The second kappa shape index (κ2) is 10.5. The molecule has 9 nitrogen and oxygen atoms in total. The van der Waals surface area contributed by atoms with Gasteiger partial charge < -0.3 is 19.9 Å². The molecular weight excluding hydrogens is 422 g/mol. The fraction of sp³-hybridized carbons (Fsp3) is 0.625. The van der Waals surface area contributed by atoms with Crippen molar-refractivity contribution < 1.29 is 19.1 Å². The molecule has 0 radical (unpaired) electrons. The third kappa shape index (κ3) is 5.30. The van der Waals surface area contributed by atoms with E-state index in [1.807, 2.05) is 12.1 Å². The number of nitrogens with one attached hydrogen (secondary N) is 1. The van der Waals surface area contributed by atoms with Crippen LogP contribution in [0.3, 0.4) is 0 Å². The highest BCUT2D eigenvalue weighted by Crippen LogP contribution is 2.40. The summed E-state index contributed by atoms with van der Waals surface area (Å²) in [4.78, 5) is 46.3. The lowest BCUT2D eigenvalue weighted by atomic mass is 9.95. The van der Waals surface area contributed by atoms with E-state index >= 15 is 0 Å². The Balaban J connectivity index is 1.45. The number of nitrogens with zero attached hydrogens (tertiary/aromatic N) is 4. The van der Waals surface area contributed by atoms with Gasteiger partial charge in [-0.2, -0.15) is 0 Å². The molecule has 1 aromatic carbocycles. The second-order valence-electron chi connectivity index (χ2n) is 9.19. The van der Waals surface area contributed by atoms with Gasteiger partial charge in [0.05, 0.1) is 24.6 Å². The minimum absolute atomic E-state index is 0.0344. The third-order valence-electron chi connectivity index (χ3n) is 6.66. The van der Waals surface area contributed by atoms with E-state index in [4.69, 9.17) is 4.74 Å². The van der Waals surface area contributed by atoms with Crippen LogP contribution < -0.4 is 15.1 Å². The van der Waals surface area contributed by atoms with Crippen LogP contribution in [0.25, 0.3) is 0 Å². The fourth-order valence-electron chi connectivity index (χ4n) is 4.87. The number of rotatable bonds is 7. The van der Waals surface area contributed by atoms with Gasteiger partial charge in [-0.15, -0.1) is 0 Å². The number of carbonyl (C=O) groups is 3. The van der Waals surface area contributed by atoms with Crippen molar-refractivity contribution in [1.29, 1.82) is 0 Å². The second-order valence-corrected chi connectivity index (χ2v) is 9.19. The highest BCUT2D eigenvalue weighted by atomic mass is 16.5. The summed E-state index contributed by atoms with van der Waals surface area (Å²) in [5.41, 5.74) is 2.09. The number of benzene rings is 1. The molecule has 3 aliphatic heterocycles. The number of amides is 3. The minimum Gasteiger partial charge on any atom is -0.379 e. The Kier molecular flexibility index (Phi) is 7.49. The molecule has 3 heterocycles. The van der Waals surface area contributed by atoms with Gasteiger partial charge in [-0.1, -0.05) is 0 Å². The molecule has 0 bridgehead atoms. The fourth-order valence-corrected chi connectivity index (χ4v) is 4.87. The van der Waals surface area contributed by atoms with E-state index in [0.717, 1.165) is 70.8 Å². The lowest BCUT2D eigenvalue weighted by molar-refractivity contribution is -0.125. The standard InChI is InChI=1S/C24H35N5O4/c1-26(2)23(31)18-7-8-19-21(16-18)29(24(32)20-6-3-4-11-28(19)20)17-22(30)25-9-5-10-27-12-14-33-15-13-27/h7-8,16,20H,3-6,9-15,17H2,1-2H3,(H,25,30). The van der Waals surface area contributed by atoms with Gasteiger partial charge >= 0.3 is 0 Å². The molecular formula is C24H35N5O4. The number of hydrogen-bond donors (Lipinski definition) is 1. The number of fused-ring (bicyclic) bond motifs is 3. The van der Waals surface area contributed by atoms with Gasteiger partial charge in [0, 0.05) is 45.8 Å². The van der Waals surface area contributed by atoms with Crippen molar-refractivity contribution in [3.8, 4) is 0 Å². The first-order valence-electron chi connectivity index (χ1n) is 12.0. The van der Waals surface area contributed by atoms with Gasteiger partial charge in [-0.3, -0.25) is 24.2 Å². The Morgan fingerprint density at radius 3 is 2.67 bits per heavy atom. The van der Waals surface area contributed by atoms with E-state index in [1.54, 1.807) is 25.1 Å². The van der Waals surface area contributed by atoms with Gasteiger partial charge in [-0.05, 0) is 50.4 Å². The maximum Gasteiger partial charge on any atom is 0.253 e. The summed E-state index contributed by atoms with van der Waals surface area (Å²) in [5, 5.41) is 2.97. The molecule has 1 N–H and O–H groups in total. The number of carbonyl (C=O) groups excluding carboxylic acids is 3. The predicted molar refractivity (Wildman–Crippen MR) is 127 cm³/mol. The molecule has 3 amide bonds. The van der Waals surface area contributed by atoms with Crippen LogP contribution in [0.15, 0.2) is 18.2 Å². The number of morpholine rings is 1. The molecule has 2 saturated heterocycles. The zero-order valence-electron chi connectivity index (χ0n) is 19.7. The van der Waals surface area contributed by atoms with Gasteiger partial charge in [0.15, 0.2) is 0 Å². The molecule has 1 unspecified atom stereocenters. The summed E-state index contributed by atoms with van der Waals surface area (Å²) in [6, 6.07) is 5.25. The molecule has 0 spiro atoms. The van der Waals surface area contributed by atoms with Crippen LogP contribution in [0.4, 0.5) is 11.4 Å². The zero-order chi connectivity index (χ0) is 23.4. The lowest BCUT2D eigenvalue weighted by Crippen LogP contribution is -2.57. The highest BCUT2D eigenvalue weighted by molar-refractivity contribution is 6.09. The Morgan fingerprint density at radius 1 is 1.12 bits per heavy atom. The van der Waals surface area contributed by atoms with Gasteiger partial charge in [0.2, 0.25) is 11.8 Å². The average Bonchev–Trinajstić information content (AvgIpc) is 2.84. The Hall–Kier alpha value is -2.65. The summed E-state index contributed by atoms with van der Waals surface area (Å²) >= 11 is 0. The van der Waals surface area contributed by atoms with E-state index in [9.17, 15) is 14.4 Å². The van der Waals surface area contributed by atoms with Crippen LogP contribution in [0.1, 0.15) is 36.0 Å². The molecule has 33 heavy (non-hydrogen) atoms. The molecule has 1 atom stereocenters. The van der Waals surface area contributed by atoms with Crippen LogP contribution in [-0.2, 0) is 14.3 Å². The summed E-state index contributed by atoms with van der Waals surface area (Å²) in [5.74, 6) is -0.358. The monoisotopic (exact) mass is 457 g/mol. The SMILES string of the molecule is CN(C)C(=O)c1ccc2c(c1)N(CC(=O)NCCCN1CCOCC1)C(=O)C1CCCCN21. The van der Waals surface area contributed by atoms with Crippen LogP contribution in [0, 0.1) is 0 Å². The van der Waals surface area contributed by atoms with Crippen molar-refractivity contribution in [1.82, 2.24) is 15.1 Å². The molecule has 2 fully saturated rings. The first-order chi connectivity index (χ1) is 16.0. The Labute approximate surface area is 195 Å². The van der Waals surface area contributed by atoms with Crippen LogP contribution in [0.5, 0.6) is 0 Å². The van der Waals surface area contributed by atoms with Crippen molar-refractivity contribution in [2.24, 2.45) is 0 Å². The third-order valence-corrected chi connectivity index (χ3v) is 6.66. The molecule has 0 saturated carbocycles. The molecule has 180 valence electrons. The van der Waals surface area contributed by atoms with Crippen molar-refractivity contribution in [3.63, 3.8) is 0 Å². The Bertz CT molecular complexity index is 884. The quantitative estimate of drug-likeness (QED) is 0.614. The first-order valence-corrected chi connectivity index (χ1v) is 12.0. The van der Waals surface area contributed by atoms with E-state index in [2.05, 4.69) is 15.1 Å². The van der Waals surface area contributed by atoms with Crippen LogP contribution in [-0.4, -0.2) is 100 Å². The maximum atomic E-state index is 13.4. The highest BCUT2D eigenvalue weighted by Gasteiger charge is 2.40. The maximum absolute atomic E-state index is 13.4. The number of ether oxygens (including phenoxy) is 1. The van der Waals surface area contributed by atoms with Crippen molar-refractivity contribution in [2.45, 2.75) is 31.7 Å². The molecule has 0 aliphatic carbocycles. The summed E-state index contributed by atoms with van der Waals surface area (Å²) < 4.78 is 5.37. The summed E-state index contributed by atoms with van der Waals surface area (Å²) in [6.07, 6.45) is 3.68. The average molecular weight is 458 g/mol. The lowest BCUT2D eigenvalue weighted by Gasteiger charge is -2.45.